The van der Waals surface area contributed by atoms with Crippen LogP contribution in [0, 0.1) is 0 Å². The molecule has 1 amide bonds. The fourth-order valence-corrected chi connectivity index (χ4v) is 0.895. The van der Waals surface area contributed by atoms with Gasteiger partial charge in [-0.2, -0.15) is 11.8 Å². The van der Waals surface area contributed by atoms with E-state index in [0.717, 1.165) is 6.42 Å². The Kier molecular flexibility index (Phi) is 5.49. The molecule has 0 aromatic heterocycles. The van der Waals surface area contributed by atoms with Crippen molar-refractivity contribution in [3.05, 3.63) is 0 Å². The van der Waals surface area contributed by atoms with E-state index in [0.29, 0.717) is 11.8 Å². The van der Waals surface area contributed by atoms with Crippen LogP contribution >= 0.6 is 11.8 Å². The Morgan fingerprint density at radius 2 is 2.30 bits per heavy atom. The number of carbonyl (C=O) groups is 1. The van der Waals surface area contributed by atoms with Crippen LogP contribution in [0.2, 0.25) is 0 Å². The molecule has 10 heavy (non-hydrogen) atoms. The average Bonchev–Trinajstić information content (AvgIpc) is 1.88. The summed E-state index contributed by atoms with van der Waals surface area (Å²) in [6, 6.07) is 0.319. The van der Waals surface area contributed by atoms with Crippen LogP contribution in [-0.2, 0) is 4.79 Å². The largest absolute Gasteiger partial charge is 0.353 e. The smallest absolute Gasteiger partial charge is 0.230 e. The topological polar surface area (TPSA) is 29.1 Å². The minimum absolute atomic E-state index is 0.141. The van der Waals surface area contributed by atoms with Crippen LogP contribution in [0.5, 0.6) is 0 Å². The highest BCUT2D eigenvalue weighted by molar-refractivity contribution is 7.99. The van der Waals surface area contributed by atoms with Crippen LogP contribution in [0.1, 0.15) is 20.3 Å². The molecular formula is C7H15NOS. The Balaban J connectivity index is 3.37. The number of rotatable bonds is 4. The first-order valence-electron chi connectivity index (χ1n) is 3.49. The summed E-state index contributed by atoms with van der Waals surface area (Å²) in [7, 11) is 0. The maximum absolute atomic E-state index is 10.9. The van der Waals surface area contributed by atoms with E-state index >= 15 is 0 Å². The van der Waals surface area contributed by atoms with Gasteiger partial charge in [0.25, 0.3) is 0 Å². The SMILES string of the molecule is CCC(C)NC(=O)CSC. The molecule has 1 N–H and O–H groups in total. The number of carbonyl (C=O) groups excluding carboxylic acids is 1. The minimum Gasteiger partial charge on any atom is -0.353 e. The third-order valence-corrected chi connectivity index (χ3v) is 1.85. The van der Waals surface area contributed by atoms with Gasteiger partial charge in [0.15, 0.2) is 0 Å². The van der Waals surface area contributed by atoms with Crippen LogP contribution in [-0.4, -0.2) is 24.0 Å². The fraction of sp³-hybridized carbons (Fsp3) is 0.857. The lowest BCUT2D eigenvalue weighted by molar-refractivity contribution is -0.119. The summed E-state index contributed by atoms with van der Waals surface area (Å²) in [4.78, 5) is 10.9. The van der Waals surface area contributed by atoms with E-state index in [4.69, 9.17) is 0 Å². The van der Waals surface area contributed by atoms with Crippen molar-refractivity contribution in [2.24, 2.45) is 0 Å². The lowest BCUT2D eigenvalue weighted by atomic mass is 10.3. The quantitative estimate of drug-likeness (QED) is 0.672. The normalized spacial score (nSPS) is 12.7. The molecule has 0 heterocycles. The highest BCUT2D eigenvalue weighted by atomic mass is 32.2. The van der Waals surface area contributed by atoms with Crippen molar-refractivity contribution in [3.8, 4) is 0 Å². The first kappa shape index (κ1) is 9.82. The van der Waals surface area contributed by atoms with Gasteiger partial charge in [-0.3, -0.25) is 4.79 Å². The predicted octanol–water partition coefficient (Wildman–Crippen LogP) is 1.26. The summed E-state index contributed by atoms with van der Waals surface area (Å²) in [5.41, 5.74) is 0. The molecule has 0 bridgehead atoms. The molecule has 0 fully saturated rings. The molecule has 0 spiro atoms. The highest BCUT2D eigenvalue weighted by Gasteiger charge is 2.02. The van der Waals surface area contributed by atoms with E-state index in [2.05, 4.69) is 12.2 Å². The van der Waals surface area contributed by atoms with Gasteiger partial charge in [0.1, 0.15) is 0 Å². The van der Waals surface area contributed by atoms with Crippen molar-refractivity contribution in [2.45, 2.75) is 26.3 Å². The van der Waals surface area contributed by atoms with Crippen molar-refractivity contribution in [3.63, 3.8) is 0 Å². The van der Waals surface area contributed by atoms with Gasteiger partial charge in [0.2, 0.25) is 5.91 Å². The number of thioether (sulfide) groups is 1. The van der Waals surface area contributed by atoms with Crippen LogP contribution < -0.4 is 5.32 Å². The van der Waals surface area contributed by atoms with E-state index in [1.54, 1.807) is 11.8 Å². The molecule has 0 saturated carbocycles. The number of amides is 1. The average molecular weight is 161 g/mol. The fourth-order valence-electron chi connectivity index (χ4n) is 0.550. The van der Waals surface area contributed by atoms with Crippen molar-refractivity contribution in [1.29, 1.82) is 0 Å². The van der Waals surface area contributed by atoms with Gasteiger partial charge in [-0.05, 0) is 19.6 Å². The monoisotopic (exact) mass is 161 g/mol. The van der Waals surface area contributed by atoms with Gasteiger partial charge in [-0.25, -0.2) is 0 Å². The lowest BCUT2D eigenvalue weighted by Gasteiger charge is -2.09. The maximum Gasteiger partial charge on any atom is 0.230 e. The molecule has 0 aliphatic heterocycles. The summed E-state index contributed by atoms with van der Waals surface area (Å²) < 4.78 is 0. The summed E-state index contributed by atoms with van der Waals surface area (Å²) in [6.07, 6.45) is 2.93. The van der Waals surface area contributed by atoms with Crippen LogP contribution in [0.3, 0.4) is 0 Å². The first-order valence-corrected chi connectivity index (χ1v) is 4.88. The molecule has 2 nitrogen and oxygen atoms in total. The Morgan fingerprint density at radius 3 is 2.70 bits per heavy atom. The van der Waals surface area contributed by atoms with Gasteiger partial charge in [-0.1, -0.05) is 6.92 Å². The van der Waals surface area contributed by atoms with E-state index < -0.39 is 0 Å². The zero-order valence-corrected chi connectivity index (χ0v) is 7.62. The second kappa shape index (κ2) is 5.59. The molecule has 0 aromatic carbocycles. The van der Waals surface area contributed by atoms with Gasteiger partial charge < -0.3 is 5.32 Å². The highest BCUT2D eigenvalue weighted by Crippen LogP contribution is 1.92. The molecule has 0 rings (SSSR count). The Labute approximate surface area is 66.8 Å². The summed E-state index contributed by atoms with van der Waals surface area (Å²) in [6.45, 7) is 4.07. The van der Waals surface area contributed by atoms with Crippen LogP contribution in [0.25, 0.3) is 0 Å². The number of hydrogen-bond donors (Lipinski definition) is 1. The second-order valence-corrected chi connectivity index (χ2v) is 3.18. The third kappa shape index (κ3) is 4.68. The standard InChI is InChI=1S/C7H15NOS/c1-4-6(2)8-7(9)5-10-3/h6H,4-5H2,1-3H3,(H,8,9). The summed E-state index contributed by atoms with van der Waals surface area (Å²) in [5, 5.41) is 2.87. The Morgan fingerprint density at radius 1 is 1.70 bits per heavy atom. The summed E-state index contributed by atoms with van der Waals surface area (Å²) in [5.74, 6) is 0.714. The maximum atomic E-state index is 10.9. The molecule has 0 aliphatic rings. The molecule has 1 unspecified atom stereocenters. The van der Waals surface area contributed by atoms with E-state index in [1.165, 1.54) is 0 Å². The van der Waals surface area contributed by atoms with E-state index in [1.807, 2.05) is 13.2 Å². The molecule has 1 atom stereocenters. The predicted molar refractivity (Wildman–Crippen MR) is 46.3 cm³/mol. The second-order valence-electron chi connectivity index (χ2n) is 2.31. The van der Waals surface area contributed by atoms with Gasteiger partial charge in [0.05, 0.1) is 5.75 Å². The molecule has 0 aliphatic carbocycles. The van der Waals surface area contributed by atoms with Crippen molar-refractivity contribution >= 4 is 17.7 Å². The lowest BCUT2D eigenvalue weighted by Crippen LogP contribution is -2.33. The molecule has 60 valence electrons. The molecule has 3 heteroatoms. The van der Waals surface area contributed by atoms with Crippen molar-refractivity contribution in [2.75, 3.05) is 12.0 Å². The van der Waals surface area contributed by atoms with Crippen LogP contribution in [0.15, 0.2) is 0 Å². The molecule has 0 saturated heterocycles. The molecular weight excluding hydrogens is 146 g/mol. The van der Waals surface area contributed by atoms with Crippen LogP contribution in [0.4, 0.5) is 0 Å². The van der Waals surface area contributed by atoms with E-state index in [-0.39, 0.29) is 5.91 Å². The van der Waals surface area contributed by atoms with Gasteiger partial charge >= 0.3 is 0 Å². The van der Waals surface area contributed by atoms with E-state index in [9.17, 15) is 4.79 Å². The third-order valence-electron chi connectivity index (χ3n) is 1.30. The first-order chi connectivity index (χ1) is 4.70. The number of nitrogens with one attached hydrogen (secondary N) is 1. The van der Waals surface area contributed by atoms with Crippen molar-refractivity contribution < 1.29 is 4.79 Å². The Hall–Kier alpha value is -0.180. The molecule has 0 aromatic rings. The van der Waals surface area contributed by atoms with Crippen molar-refractivity contribution in [1.82, 2.24) is 5.32 Å². The Bertz CT molecular complexity index is 106. The van der Waals surface area contributed by atoms with Gasteiger partial charge in [-0.15, -0.1) is 0 Å². The number of hydrogen-bond acceptors (Lipinski definition) is 2. The minimum atomic E-state index is 0.141. The molecule has 0 radical (unpaired) electrons. The zero-order valence-electron chi connectivity index (χ0n) is 6.81. The van der Waals surface area contributed by atoms with Gasteiger partial charge in [0, 0.05) is 6.04 Å². The zero-order chi connectivity index (χ0) is 7.98. The summed E-state index contributed by atoms with van der Waals surface area (Å²) >= 11 is 1.55.